The summed E-state index contributed by atoms with van der Waals surface area (Å²) < 4.78 is 52.7. The molecule has 3 aromatic rings. The van der Waals surface area contributed by atoms with Gasteiger partial charge in [0.05, 0.1) is 18.1 Å². The number of carbonyl (C=O) groups is 1. The monoisotopic (exact) mass is 414 g/mol. The van der Waals surface area contributed by atoms with Crippen LogP contribution < -0.4 is 10.9 Å². The standard InChI is InChI=1S/C21H14F4N4O/c22-16-5-1-14(19(24)9-16)11-26-28-18-7-3-13(4-8-18)21(30)29-27-12-15-2-6-17(23)10-20(15)25/h1-12,28H,(H,29,30)/b26-11+,27-12+. The van der Waals surface area contributed by atoms with Crippen molar-refractivity contribution < 1.29 is 22.4 Å². The summed E-state index contributed by atoms with van der Waals surface area (Å²) in [6.07, 6.45) is 2.25. The highest BCUT2D eigenvalue weighted by Gasteiger charge is 2.05. The molecule has 2 N–H and O–H groups in total. The van der Waals surface area contributed by atoms with Crippen molar-refractivity contribution in [2.75, 3.05) is 5.43 Å². The van der Waals surface area contributed by atoms with Crippen molar-refractivity contribution in [1.29, 1.82) is 0 Å². The van der Waals surface area contributed by atoms with Crippen LogP contribution in [0.5, 0.6) is 0 Å². The Labute approximate surface area is 168 Å². The lowest BCUT2D eigenvalue weighted by Gasteiger charge is -2.03. The van der Waals surface area contributed by atoms with Crippen molar-refractivity contribution >= 4 is 24.0 Å². The molecule has 152 valence electrons. The van der Waals surface area contributed by atoms with Gasteiger partial charge < -0.3 is 0 Å². The van der Waals surface area contributed by atoms with E-state index in [0.29, 0.717) is 11.8 Å². The van der Waals surface area contributed by atoms with Crippen LogP contribution >= 0.6 is 0 Å². The molecule has 0 saturated carbocycles. The molecule has 0 bridgehead atoms. The first-order chi connectivity index (χ1) is 14.4. The lowest BCUT2D eigenvalue weighted by Crippen LogP contribution is -2.17. The van der Waals surface area contributed by atoms with Crippen molar-refractivity contribution in [3.63, 3.8) is 0 Å². The molecule has 0 spiro atoms. The Kier molecular flexibility index (Phi) is 6.53. The number of rotatable bonds is 6. The molecule has 0 radical (unpaired) electrons. The van der Waals surface area contributed by atoms with Gasteiger partial charge in [-0.15, -0.1) is 0 Å². The number of hydrogen-bond acceptors (Lipinski definition) is 4. The van der Waals surface area contributed by atoms with Crippen LogP contribution in [0.4, 0.5) is 23.2 Å². The van der Waals surface area contributed by atoms with Gasteiger partial charge in [0.1, 0.15) is 23.3 Å². The number of halogens is 4. The zero-order valence-corrected chi connectivity index (χ0v) is 15.2. The SMILES string of the molecule is O=C(N/N=C/c1ccc(F)cc1F)c1ccc(N/N=C/c2ccc(F)cc2F)cc1. The van der Waals surface area contributed by atoms with Gasteiger partial charge in [-0.05, 0) is 48.5 Å². The second-order valence-electron chi connectivity index (χ2n) is 5.98. The predicted octanol–water partition coefficient (Wildman–Crippen LogP) is 4.45. The Morgan fingerprint density at radius 1 is 0.733 bits per heavy atom. The van der Waals surface area contributed by atoms with Gasteiger partial charge in [-0.3, -0.25) is 10.2 Å². The summed E-state index contributed by atoms with van der Waals surface area (Å²) in [5.74, 6) is -3.48. The van der Waals surface area contributed by atoms with Crippen LogP contribution in [0.1, 0.15) is 21.5 Å². The first-order valence-electron chi connectivity index (χ1n) is 8.55. The van der Waals surface area contributed by atoms with Crippen molar-refractivity contribution in [3.8, 4) is 0 Å². The van der Waals surface area contributed by atoms with E-state index < -0.39 is 29.2 Å². The van der Waals surface area contributed by atoms with Gasteiger partial charge in [-0.25, -0.2) is 23.0 Å². The molecule has 0 saturated heterocycles. The lowest BCUT2D eigenvalue weighted by atomic mass is 10.2. The molecule has 0 heterocycles. The minimum absolute atomic E-state index is 0.0201. The minimum Gasteiger partial charge on any atom is -0.279 e. The highest BCUT2D eigenvalue weighted by atomic mass is 19.1. The Balaban J connectivity index is 1.56. The molecule has 3 aromatic carbocycles. The number of carbonyl (C=O) groups excluding carboxylic acids is 1. The second kappa shape index (κ2) is 9.46. The number of benzene rings is 3. The largest absolute Gasteiger partial charge is 0.279 e. The molecular weight excluding hydrogens is 400 g/mol. The molecule has 0 atom stereocenters. The number of nitrogens with one attached hydrogen (secondary N) is 2. The van der Waals surface area contributed by atoms with E-state index >= 15 is 0 Å². The number of amides is 1. The highest BCUT2D eigenvalue weighted by Crippen LogP contribution is 2.11. The van der Waals surface area contributed by atoms with E-state index in [4.69, 9.17) is 0 Å². The molecule has 0 aliphatic heterocycles. The van der Waals surface area contributed by atoms with Crippen LogP contribution in [-0.2, 0) is 0 Å². The molecule has 0 fully saturated rings. The van der Waals surface area contributed by atoms with Gasteiger partial charge in [0.25, 0.3) is 5.91 Å². The van der Waals surface area contributed by atoms with E-state index in [2.05, 4.69) is 21.1 Å². The summed E-state index contributed by atoms with van der Waals surface area (Å²) in [6, 6.07) is 12.2. The van der Waals surface area contributed by atoms with Crippen LogP contribution in [-0.4, -0.2) is 18.3 Å². The maximum absolute atomic E-state index is 13.5. The first kappa shape index (κ1) is 20.7. The molecule has 0 unspecified atom stereocenters. The summed E-state index contributed by atoms with van der Waals surface area (Å²) in [6.45, 7) is 0. The minimum atomic E-state index is -0.801. The van der Waals surface area contributed by atoms with Crippen LogP contribution in [0.15, 0.2) is 70.9 Å². The van der Waals surface area contributed by atoms with Gasteiger partial charge in [0, 0.05) is 28.8 Å². The van der Waals surface area contributed by atoms with E-state index in [9.17, 15) is 22.4 Å². The first-order valence-corrected chi connectivity index (χ1v) is 8.55. The van der Waals surface area contributed by atoms with Crippen molar-refractivity contribution in [3.05, 3.63) is 101 Å². The van der Waals surface area contributed by atoms with Crippen molar-refractivity contribution in [2.24, 2.45) is 10.2 Å². The summed E-state index contributed by atoms with van der Waals surface area (Å²) >= 11 is 0. The fourth-order valence-corrected chi connectivity index (χ4v) is 2.31. The van der Waals surface area contributed by atoms with Gasteiger partial charge in [-0.2, -0.15) is 10.2 Å². The number of hydrogen-bond donors (Lipinski definition) is 2. The van der Waals surface area contributed by atoms with Gasteiger partial charge in [-0.1, -0.05) is 0 Å². The lowest BCUT2D eigenvalue weighted by molar-refractivity contribution is 0.0955. The number of anilines is 1. The van der Waals surface area contributed by atoms with E-state index in [-0.39, 0.29) is 16.7 Å². The van der Waals surface area contributed by atoms with Crippen LogP contribution in [0.2, 0.25) is 0 Å². The zero-order valence-electron chi connectivity index (χ0n) is 15.2. The summed E-state index contributed by atoms with van der Waals surface area (Å²) in [4.78, 5) is 12.0. The fraction of sp³-hybridized carbons (Fsp3) is 0. The molecule has 3 rings (SSSR count). The maximum Gasteiger partial charge on any atom is 0.271 e. The zero-order chi connectivity index (χ0) is 21.5. The van der Waals surface area contributed by atoms with Crippen LogP contribution in [0, 0.1) is 23.3 Å². The predicted molar refractivity (Wildman–Crippen MR) is 105 cm³/mol. The van der Waals surface area contributed by atoms with E-state index in [1.165, 1.54) is 30.5 Å². The Hall–Kier alpha value is -4.01. The molecular formula is C21H14F4N4O. The Morgan fingerprint density at radius 3 is 1.80 bits per heavy atom. The van der Waals surface area contributed by atoms with Gasteiger partial charge in [0.15, 0.2) is 0 Å². The molecule has 30 heavy (non-hydrogen) atoms. The molecule has 0 aliphatic carbocycles. The molecule has 1 amide bonds. The van der Waals surface area contributed by atoms with E-state index in [1.807, 2.05) is 0 Å². The van der Waals surface area contributed by atoms with Crippen molar-refractivity contribution in [1.82, 2.24) is 5.43 Å². The highest BCUT2D eigenvalue weighted by molar-refractivity contribution is 5.95. The Bertz CT molecular complexity index is 1110. The summed E-state index contributed by atoms with van der Waals surface area (Å²) in [7, 11) is 0. The summed E-state index contributed by atoms with van der Waals surface area (Å²) in [5.41, 5.74) is 5.80. The quantitative estimate of drug-likeness (QED) is 0.356. The third-order valence-corrected chi connectivity index (χ3v) is 3.84. The van der Waals surface area contributed by atoms with Crippen molar-refractivity contribution in [2.45, 2.75) is 0 Å². The van der Waals surface area contributed by atoms with E-state index in [0.717, 1.165) is 24.4 Å². The van der Waals surface area contributed by atoms with Crippen LogP contribution in [0.25, 0.3) is 0 Å². The average Bonchev–Trinajstić information content (AvgIpc) is 2.71. The maximum atomic E-state index is 13.5. The third kappa shape index (κ3) is 5.51. The smallest absolute Gasteiger partial charge is 0.271 e. The van der Waals surface area contributed by atoms with E-state index in [1.54, 1.807) is 12.1 Å². The molecule has 5 nitrogen and oxygen atoms in total. The van der Waals surface area contributed by atoms with Gasteiger partial charge >= 0.3 is 0 Å². The third-order valence-electron chi connectivity index (χ3n) is 3.84. The Morgan fingerprint density at radius 2 is 1.27 bits per heavy atom. The number of nitrogens with zero attached hydrogens (tertiary/aromatic N) is 2. The molecule has 9 heteroatoms. The van der Waals surface area contributed by atoms with Crippen LogP contribution in [0.3, 0.4) is 0 Å². The molecule has 0 aliphatic rings. The molecule has 0 aromatic heterocycles. The van der Waals surface area contributed by atoms with Gasteiger partial charge in [0.2, 0.25) is 0 Å². The average molecular weight is 414 g/mol. The summed E-state index contributed by atoms with van der Waals surface area (Å²) in [5, 5.41) is 7.49. The number of hydrazone groups is 2. The topological polar surface area (TPSA) is 65.8 Å². The second-order valence-corrected chi connectivity index (χ2v) is 5.98. The normalized spacial score (nSPS) is 11.2. The fourth-order valence-electron chi connectivity index (χ4n) is 2.31.